The zero-order chi connectivity index (χ0) is 20.2. The molecule has 4 heteroatoms. The molecule has 0 atom stereocenters. The van der Waals surface area contributed by atoms with Crippen molar-refractivity contribution in [2.24, 2.45) is 0 Å². The molecule has 1 heterocycles. The number of phenols is 2. The maximum Gasteiger partial charge on any atom is 0.131 e. The SMILES string of the molecule is CN1CCN(Cc2c(O)cc3ccc(C#CCc4ccccc4)cc3c2O)CC1. The Bertz CT molecular complexity index is 1060. The summed E-state index contributed by atoms with van der Waals surface area (Å²) in [6, 6.07) is 17.6. The normalized spacial score (nSPS) is 15.2. The fourth-order valence-corrected chi connectivity index (χ4v) is 3.71. The molecule has 0 radical (unpaired) electrons. The van der Waals surface area contributed by atoms with Crippen LogP contribution in [-0.2, 0) is 13.0 Å². The molecule has 0 unspecified atom stereocenters. The molecule has 1 fully saturated rings. The zero-order valence-corrected chi connectivity index (χ0v) is 16.7. The van der Waals surface area contributed by atoms with E-state index >= 15 is 0 Å². The number of likely N-dealkylation sites (N-methyl/N-ethyl adjacent to an activating group) is 1. The van der Waals surface area contributed by atoms with Gasteiger partial charge in [0.1, 0.15) is 11.5 Å². The predicted octanol–water partition coefficient (Wildman–Crippen LogP) is 3.59. The lowest BCUT2D eigenvalue weighted by Gasteiger charge is -2.32. The number of aromatic hydroxyl groups is 2. The average Bonchev–Trinajstić information content (AvgIpc) is 2.74. The summed E-state index contributed by atoms with van der Waals surface area (Å²) < 4.78 is 0. The van der Waals surface area contributed by atoms with E-state index in [9.17, 15) is 10.2 Å². The van der Waals surface area contributed by atoms with Gasteiger partial charge in [-0.1, -0.05) is 48.2 Å². The van der Waals surface area contributed by atoms with E-state index in [4.69, 9.17) is 0 Å². The van der Waals surface area contributed by atoms with E-state index in [1.165, 1.54) is 5.56 Å². The first kappa shape index (κ1) is 19.3. The number of nitrogens with zero attached hydrogens (tertiary/aromatic N) is 2. The highest BCUT2D eigenvalue weighted by atomic mass is 16.3. The van der Waals surface area contributed by atoms with Gasteiger partial charge in [0, 0.05) is 50.1 Å². The Morgan fingerprint density at radius 1 is 0.931 bits per heavy atom. The molecule has 1 aliphatic heterocycles. The summed E-state index contributed by atoms with van der Waals surface area (Å²) in [5.74, 6) is 6.71. The van der Waals surface area contributed by atoms with Gasteiger partial charge < -0.3 is 15.1 Å². The van der Waals surface area contributed by atoms with E-state index in [0.717, 1.165) is 42.5 Å². The van der Waals surface area contributed by atoms with E-state index in [0.29, 0.717) is 18.5 Å². The van der Waals surface area contributed by atoms with Crippen molar-refractivity contribution in [3.05, 3.63) is 71.3 Å². The Labute approximate surface area is 172 Å². The third-order valence-corrected chi connectivity index (χ3v) is 5.54. The monoisotopic (exact) mass is 386 g/mol. The van der Waals surface area contributed by atoms with Crippen LogP contribution in [0, 0.1) is 11.8 Å². The number of rotatable bonds is 3. The minimum Gasteiger partial charge on any atom is -0.507 e. The molecule has 0 spiro atoms. The van der Waals surface area contributed by atoms with Gasteiger partial charge in [-0.2, -0.15) is 0 Å². The number of hydrogen-bond donors (Lipinski definition) is 2. The van der Waals surface area contributed by atoms with Gasteiger partial charge in [-0.15, -0.1) is 0 Å². The molecule has 0 bridgehead atoms. The maximum atomic E-state index is 10.9. The first-order valence-electron chi connectivity index (χ1n) is 10.0. The Balaban J connectivity index is 1.58. The standard InChI is InChI=1S/C25H26N2O2/c1-26-12-14-27(15-13-26)18-23-24(28)17-21-11-10-20(16-22(21)25(23)29)9-5-8-19-6-3-2-4-7-19/h2-4,6-7,10-11,16-17,28-29H,8,12-15,18H2,1H3. The topological polar surface area (TPSA) is 46.9 Å². The molecule has 0 saturated carbocycles. The third kappa shape index (κ3) is 4.54. The largest absolute Gasteiger partial charge is 0.507 e. The quantitative estimate of drug-likeness (QED) is 0.676. The molecule has 1 saturated heterocycles. The fraction of sp³-hybridized carbons (Fsp3) is 0.280. The van der Waals surface area contributed by atoms with Crippen molar-refractivity contribution in [2.45, 2.75) is 13.0 Å². The van der Waals surface area contributed by atoms with Crippen molar-refractivity contribution in [3.8, 4) is 23.3 Å². The predicted molar refractivity (Wildman–Crippen MR) is 117 cm³/mol. The van der Waals surface area contributed by atoms with Crippen molar-refractivity contribution in [1.29, 1.82) is 0 Å². The minimum atomic E-state index is 0.150. The molecule has 4 rings (SSSR count). The molecule has 0 aliphatic carbocycles. The number of phenolic OH excluding ortho intramolecular Hbond substituents is 2. The van der Waals surface area contributed by atoms with E-state index < -0.39 is 0 Å². The number of hydrogen-bond acceptors (Lipinski definition) is 4. The van der Waals surface area contributed by atoms with Crippen LogP contribution in [0.1, 0.15) is 16.7 Å². The van der Waals surface area contributed by atoms with Crippen LogP contribution in [-0.4, -0.2) is 53.2 Å². The number of piperazine rings is 1. The van der Waals surface area contributed by atoms with Gasteiger partial charge in [-0.05, 0) is 36.2 Å². The summed E-state index contributed by atoms with van der Waals surface area (Å²) in [4.78, 5) is 4.56. The lowest BCUT2D eigenvalue weighted by molar-refractivity contribution is 0.146. The lowest BCUT2D eigenvalue weighted by Crippen LogP contribution is -2.43. The molecular weight excluding hydrogens is 360 g/mol. The maximum absolute atomic E-state index is 10.9. The van der Waals surface area contributed by atoms with E-state index in [2.05, 4.69) is 40.8 Å². The summed E-state index contributed by atoms with van der Waals surface area (Å²) in [5, 5.41) is 22.9. The van der Waals surface area contributed by atoms with Crippen LogP contribution in [0.4, 0.5) is 0 Å². The molecule has 2 N–H and O–H groups in total. The third-order valence-electron chi connectivity index (χ3n) is 5.54. The highest BCUT2D eigenvalue weighted by Gasteiger charge is 2.19. The molecule has 148 valence electrons. The summed E-state index contributed by atoms with van der Waals surface area (Å²) in [7, 11) is 2.11. The Kier molecular flexibility index (Phi) is 5.71. The Hall–Kier alpha value is -3.00. The van der Waals surface area contributed by atoms with Gasteiger partial charge in [0.25, 0.3) is 0 Å². The van der Waals surface area contributed by atoms with Crippen molar-refractivity contribution in [1.82, 2.24) is 9.80 Å². The van der Waals surface area contributed by atoms with Crippen LogP contribution < -0.4 is 0 Å². The van der Waals surface area contributed by atoms with Crippen LogP contribution in [0.15, 0.2) is 54.6 Å². The second-order valence-corrected chi connectivity index (χ2v) is 7.70. The van der Waals surface area contributed by atoms with E-state index in [1.807, 2.05) is 36.4 Å². The first-order chi connectivity index (χ1) is 14.1. The van der Waals surface area contributed by atoms with Crippen molar-refractivity contribution < 1.29 is 10.2 Å². The van der Waals surface area contributed by atoms with Crippen molar-refractivity contribution in [3.63, 3.8) is 0 Å². The average molecular weight is 386 g/mol. The van der Waals surface area contributed by atoms with Gasteiger partial charge in [-0.25, -0.2) is 0 Å². The summed E-state index contributed by atoms with van der Waals surface area (Å²) in [5.41, 5.74) is 2.64. The Morgan fingerprint density at radius 3 is 2.45 bits per heavy atom. The second kappa shape index (κ2) is 8.57. The van der Waals surface area contributed by atoms with Crippen LogP contribution in [0.25, 0.3) is 10.8 Å². The van der Waals surface area contributed by atoms with E-state index in [-0.39, 0.29) is 11.5 Å². The van der Waals surface area contributed by atoms with Gasteiger partial charge in [0.15, 0.2) is 0 Å². The molecule has 0 aromatic heterocycles. The molecule has 0 amide bonds. The van der Waals surface area contributed by atoms with Crippen LogP contribution in [0.3, 0.4) is 0 Å². The smallest absolute Gasteiger partial charge is 0.131 e. The lowest BCUT2D eigenvalue weighted by atomic mass is 10.0. The molecule has 4 nitrogen and oxygen atoms in total. The molecule has 3 aromatic carbocycles. The van der Waals surface area contributed by atoms with Crippen LogP contribution in [0.5, 0.6) is 11.5 Å². The summed E-state index contributed by atoms with van der Waals surface area (Å²) >= 11 is 0. The number of fused-ring (bicyclic) bond motifs is 1. The molecule has 3 aromatic rings. The Morgan fingerprint density at radius 2 is 1.69 bits per heavy atom. The fourth-order valence-electron chi connectivity index (χ4n) is 3.71. The van der Waals surface area contributed by atoms with Gasteiger partial charge >= 0.3 is 0 Å². The zero-order valence-electron chi connectivity index (χ0n) is 16.7. The van der Waals surface area contributed by atoms with Gasteiger partial charge in [0.05, 0.1) is 5.56 Å². The minimum absolute atomic E-state index is 0.150. The first-order valence-corrected chi connectivity index (χ1v) is 10.0. The molecule has 29 heavy (non-hydrogen) atoms. The van der Waals surface area contributed by atoms with Crippen LogP contribution >= 0.6 is 0 Å². The highest BCUT2D eigenvalue weighted by molar-refractivity contribution is 5.92. The van der Waals surface area contributed by atoms with Crippen molar-refractivity contribution >= 4 is 10.8 Å². The second-order valence-electron chi connectivity index (χ2n) is 7.70. The van der Waals surface area contributed by atoms with E-state index in [1.54, 1.807) is 6.07 Å². The highest BCUT2D eigenvalue weighted by Crippen LogP contribution is 2.37. The van der Waals surface area contributed by atoms with Crippen molar-refractivity contribution in [2.75, 3.05) is 33.2 Å². The van der Waals surface area contributed by atoms with Gasteiger partial charge in [0.2, 0.25) is 0 Å². The molecule has 1 aliphatic rings. The van der Waals surface area contributed by atoms with Gasteiger partial charge in [-0.3, -0.25) is 4.90 Å². The summed E-state index contributed by atoms with van der Waals surface area (Å²) in [6.07, 6.45) is 0.690. The number of benzene rings is 3. The summed E-state index contributed by atoms with van der Waals surface area (Å²) in [6.45, 7) is 4.40. The molecular formula is C25H26N2O2. The van der Waals surface area contributed by atoms with Crippen LogP contribution in [0.2, 0.25) is 0 Å².